The van der Waals surface area contributed by atoms with E-state index in [4.69, 9.17) is 0 Å². The van der Waals surface area contributed by atoms with E-state index in [0.29, 0.717) is 21.1 Å². The maximum atomic E-state index is 13.4. The third-order valence-electron chi connectivity index (χ3n) is 6.18. The minimum Gasteiger partial charge on any atom is -0.347 e. The second-order valence-corrected chi connectivity index (χ2v) is 9.39. The number of aromatic nitrogens is 2. The van der Waals surface area contributed by atoms with Crippen LogP contribution in [-0.2, 0) is 0 Å². The summed E-state index contributed by atoms with van der Waals surface area (Å²) in [6, 6.07) is 13.2. The summed E-state index contributed by atoms with van der Waals surface area (Å²) < 4.78 is 0. The van der Waals surface area contributed by atoms with Crippen molar-refractivity contribution in [3.8, 4) is 11.1 Å². The minimum atomic E-state index is -0.310. The lowest BCUT2D eigenvalue weighted by molar-refractivity contribution is 0.0935. The quantitative estimate of drug-likeness (QED) is 0.407. The lowest BCUT2D eigenvalue weighted by atomic mass is 10.1. The summed E-state index contributed by atoms with van der Waals surface area (Å²) in [5.41, 5.74) is 3.90. The summed E-state index contributed by atoms with van der Waals surface area (Å²) in [5, 5.41) is 10.2. The number of piperidine rings is 1. The second kappa shape index (κ2) is 8.51. The van der Waals surface area contributed by atoms with E-state index in [0.717, 1.165) is 48.1 Å². The van der Waals surface area contributed by atoms with E-state index >= 15 is 0 Å². The van der Waals surface area contributed by atoms with Crippen molar-refractivity contribution in [2.75, 3.05) is 23.3 Å². The molecule has 1 saturated heterocycles. The highest BCUT2D eigenvalue weighted by Gasteiger charge is 2.33. The van der Waals surface area contributed by atoms with Gasteiger partial charge < -0.3 is 16.0 Å². The first-order chi connectivity index (χ1) is 16.7. The Labute approximate surface area is 200 Å². The summed E-state index contributed by atoms with van der Waals surface area (Å²) in [6.45, 7) is 1.73. The zero-order valence-electron chi connectivity index (χ0n) is 18.2. The number of hydrogen-bond donors (Lipinski definition) is 3. The number of pyridine rings is 2. The van der Waals surface area contributed by atoms with E-state index in [1.165, 1.54) is 11.3 Å². The molecule has 8 nitrogen and oxygen atoms in total. The van der Waals surface area contributed by atoms with Gasteiger partial charge in [-0.25, -0.2) is 9.78 Å². The minimum absolute atomic E-state index is 0.0806. The van der Waals surface area contributed by atoms with Gasteiger partial charge in [-0.2, -0.15) is 0 Å². The smallest absolute Gasteiger partial charge is 0.331 e. The van der Waals surface area contributed by atoms with E-state index in [1.54, 1.807) is 23.5 Å². The number of anilines is 3. The molecule has 170 valence electrons. The third kappa shape index (κ3) is 3.59. The molecule has 3 amide bonds. The van der Waals surface area contributed by atoms with Gasteiger partial charge in [-0.05, 0) is 49.2 Å². The first-order valence-electron chi connectivity index (χ1n) is 11.2. The Bertz CT molecular complexity index is 1400. The average molecular weight is 471 g/mol. The molecule has 1 aromatic carbocycles. The van der Waals surface area contributed by atoms with Crippen molar-refractivity contribution in [1.82, 2.24) is 20.6 Å². The molecule has 0 bridgehead atoms. The highest BCUT2D eigenvalue weighted by Crippen LogP contribution is 2.46. The van der Waals surface area contributed by atoms with Crippen molar-refractivity contribution >= 4 is 50.6 Å². The van der Waals surface area contributed by atoms with Crippen LogP contribution >= 0.6 is 11.3 Å². The number of hydrogen-bond acceptors (Lipinski definition) is 6. The fourth-order valence-corrected chi connectivity index (χ4v) is 5.61. The van der Waals surface area contributed by atoms with E-state index in [1.807, 2.05) is 42.5 Å². The van der Waals surface area contributed by atoms with Gasteiger partial charge in [0.15, 0.2) is 0 Å². The van der Waals surface area contributed by atoms with Gasteiger partial charge in [-0.3, -0.25) is 14.7 Å². The normalized spacial score (nSPS) is 17.5. The predicted octanol–water partition coefficient (Wildman–Crippen LogP) is 4.52. The zero-order chi connectivity index (χ0) is 23.1. The van der Waals surface area contributed by atoms with Crippen LogP contribution in [0.3, 0.4) is 0 Å². The number of amides is 3. The summed E-state index contributed by atoms with van der Waals surface area (Å²) >= 11 is 1.31. The number of rotatable bonds is 4. The van der Waals surface area contributed by atoms with Gasteiger partial charge in [0.25, 0.3) is 5.91 Å². The van der Waals surface area contributed by atoms with Crippen molar-refractivity contribution < 1.29 is 9.59 Å². The number of carbonyl (C=O) groups is 2. The summed E-state index contributed by atoms with van der Waals surface area (Å²) in [7, 11) is 0. The number of urea groups is 1. The average Bonchev–Trinajstić information content (AvgIpc) is 3.25. The topological polar surface area (TPSA) is 99.2 Å². The third-order valence-corrected chi connectivity index (χ3v) is 7.28. The molecule has 9 heteroatoms. The first-order valence-corrected chi connectivity index (χ1v) is 12.1. The molecule has 0 saturated carbocycles. The van der Waals surface area contributed by atoms with Gasteiger partial charge in [0.05, 0.1) is 22.4 Å². The maximum Gasteiger partial charge on any atom is 0.331 e. The van der Waals surface area contributed by atoms with Crippen molar-refractivity contribution in [2.45, 2.75) is 18.9 Å². The van der Waals surface area contributed by atoms with Crippen molar-refractivity contribution in [3.63, 3.8) is 0 Å². The van der Waals surface area contributed by atoms with Crippen molar-refractivity contribution in [3.05, 3.63) is 65.9 Å². The molecule has 0 spiro atoms. The van der Waals surface area contributed by atoms with Crippen molar-refractivity contribution in [2.24, 2.45) is 0 Å². The lowest BCUT2D eigenvalue weighted by Gasteiger charge is -2.29. The molecule has 0 unspecified atom stereocenters. The van der Waals surface area contributed by atoms with Crippen molar-refractivity contribution in [1.29, 1.82) is 0 Å². The number of benzene rings is 1. The van der Waals surface area contributed by atoms with Crippen LogP contribution in [0, 0.1) is 0 Å². The highest BCUT2D eigenvalue weighted by atomic mass is 32.1. The molecule has 0 aliphatic carbocycles. The zero-order valence-corrected chi connectivity index (χ0v) is 19.1. The lowest BCUT2D eigenvalue weighted by Crippen LogP contribution is -2.45. The standard InChI is InChI=1S/C25H22N6O2S/c32-23(29-17-6-3-10-27-14-17)22-21-20-19(8-11-28-24(20)34-22)31(25(33)30-21)18-7-1-4-15(12-18)16-5-2-9-26-13-16/h1-2,4-5,7-9,11-13,17,27H,3,6,10,14H2,(H,29,32)(H,30,33)/t17-/m1/s1. The fourth-order valence-electron chi connectivity index (χ4n) is 4.58. The van der Waals surface area contributed by atoms with Crippen LogP contribution in [-0.4, -0.2) is 41.0 Å². The Kier molecular flexibility index (Phi) is 5.20. The number of nitrogens with zero attached hydrogens (tertiary/aromatic N) is 3. The Morgan fingerprint density at radius 1 is 1.15 bits per heavy atom. The maximum absolute atomic E-state index is 13.4. The molecule has 5 heterocycles. The summed E-state index contributed by atoms with van der Waals surface area (Å²) in [6.07, 6.45) is 7.18. The van der Waals surface area contributed by atoms with Crippen LogP contribution in [0.15, 0.2) is 61.1 Å². The largest absolute Gasteiger partial charge is 0.347 e. The molecule has 34 heavy (non-hydrogen) atoms. The van der Waals surface area contributed by atoms with Crippen LogP contribution in [0.25, 0.3) is 21.3 Å². The molecule has 2 aliphatic rings. The Balaban J connectivity index is 1.40. The van der Waals surface area contributed by atoms with Gasteiger partial charge in [-0.1, -0.05) is 18.2 Å². The van der Waals surface area contributed by atoms with E-state index < -0.39 is 0 Å². The molecular weight excluding hydrogens is 448 g/mol. The Hall–Kier alpha value is -3.82. The molecule has 4 aromatic rings. The van der Waals surface area contributed by atoms with Crippen LogP contribution in [0.4, 0.5) is 21.9 Å². The fraction of sp³-hybridized carbons (Fsp3) is 0.200. The number of nitrogens with one attached hydrogen (secondary N) is 3. The SMILES string of the molecule is O=C(N[C@@H]1CCCNC1)c1sc2nccc3c2c1NC(=O)N3c1cccc(-c2cccnc2)c1. The van der Waals surface area contributed by atoms with Crippen LogP contribution < -0.4 is 20.9 Å². The van der Waals surface area contributed by atoms with Crippen LogP contribution in [0.2, 0.25) is 0 Å². The highest BCUT2D eigenvalue weighted by molar-refractivity contribution is 7.21. The van der Waals surface area contributed by atoms with Gasteiger partial charge in [0, 0.05) is 36.7 Å². The van der Waals surface area contributed by atoms with Gasteiger partial charge in [-0.15, -0.1) is 11.3 Å². The monoisotopic (exact) mass is 470 g/mol. The molecule has 1 atom stereocenters. The Morgan fingerprint density at radius 3 is 2.88 bits per heavy atom. The molecule has 3 N–H and O–H groups in total. The molecule has 3 aromatic heterocycles. The van der Waals surface area contributed by atoms with Crippen LogP contribution in [0.5, 0.6) is 0 Å². The van der Waals surface area contributed by atoms with E-state index in [9.17, 15) is 9.59 Å². The van der Waals surface area contributed by atoms with Gasteiger partial charge in [0.2, 0.25) is 0 Å². The van der Waals surface area contributed by atoms with Gasteiger partial charge >= 0.3 is 6.03 Å². The Morgan fingerprint density at radius 2 is 2.06 bits per heavy atom. The predicted molar refractivity (Wildman–Crippen MR) is 134 cm³/mol. The summed E-state index contributed by atoms with van der Waals surface area (Å²) in [5.74, 6) is -0.176. The molecular formula is C25H22N6O2S. The second-order valence-electron chi connectivity index (χ2n) is 8.39. The number of thiophene rings is 1. The van der Waals surface area contributed by atoms with Crippen LogP contribution in [0.1, 0.15) is 22.5 Å². The number of carbonyl (C=O) groups excluding carboxylic acids is 2. The molecule has 0 radical (unpaired) electrons. The first kappa shape index (κ1) is 20.8. The molecule has 2 aliphatic heterocycles. The van der Waals surface area contributed by atoms with E-state index in [2.05, 4.69) is 25.9 Å². The van der Waals surface area contributed by atoms with Gasteiger partial charge in [0.1, 0.15) is 9.71 Å². The summed E-state index contributed by atoms with van der Waals surface area (Å²) in [4.78, 5) is 38.0. The van der Waals surface area contributed by atoms with E-state index in [-0.39, 0.29) is 18.0 Å². The molecule has 1 fully saturated rings. The molecule has 6 rings (SSSR count).